The highest BCUT2D eigenvalue weighted by Crippen LogP contribution is 2.21. The third-order valence-corrected chi connectivity index (χ3v) is 3.90. The Morgan fingerprint density at radius 3 is 2.85 bits per heavy atom. The molecule has 0 bridgehead atoms. The summed E-state index contributed by atoms with van der Waals surface area (Å²) in [5.74, 6) is -0.691. The van der Waals surface area contributed by atoms with E-state index in [-0.39, 0.29) is 10.9 Å². The molecular weight excluding hydrogens is 297 g/mol. The highest BCUT2D eigenvalue weighted by Gasteiger charge is 2.18. The Bertz CT molecular complexity index is 612. The van der Waals surface area contributed by atoms with Gasteiger partial charge < -0.3 is 4.90 Å². The molecule has 0 unspecified atom stereocenters. The Morgan fingerprint density at radius 1 is 1.45 bits per heavy atom. The number of halogens is 2. The lowest BCUT2D eigenvalue weighted by Gasteiger charge is -2.21. The van der Waals surface area contributed by atoms with Gasteiger partial charge in [0.15, 0.2) is 0 Å². The molecule has 104 valence electrons. The minimum Gasteiger partial charge on any atom is -0.330 e. The molecule has 0 aliphatic rings. The molecule has 0 fully saturated rings. The van der Waals surface area contributed by atoms with E-state index in [1.807, 2.05) is 17.5 Å². The Hall–Kier alpha value is -1.65. The van der Waals surface area contributed by atoms with E-state index in [2.05, 4.69) is 6.58 Å². The van der Waals surface area contributed by atoms with Gasteiger partial charge >= 0.3 is 0 Å². The van der Waals surface area contributed by atoms with Crippen LogP contribution in [0, 0.1) is 5.82 Å². The lowest BCUT2D eigenvalue weighted by molar-refractivity contribution is 0.0764. The molecule has 1 aromatic heterocycles. The van der Waals surface area contributed by atoms with Gasteiger partial charge in [0, 0.05) is 11.4 Å². The molecule has 0 aliphatic heterocycles. The maximum absolute atomic E-state index is 13.0. The molecule has 2 rings (SSSR count). The van der Waals surface area contributed by atoms with E-state index in [4.69, 9.17) is 11.6 Å². The number of thiophene rings is 1. The van der Waals surface area contributed by atoms with Crippen molar-refractivity contribution in [1.82, 2.24) is 4.90 Å². The standard InChI is InChI=1S/C15H13ClFNOS/c1-2-7-18(10-12-4-3-8-20-12)15(19)13-6-5-11(17)9-14(13)16/h2-6,8-9H,1,7,10H2. The quantitative estimate of drug-likeness (QED) is 0.751. The van der Waals surface area contributed by atoms with E-state index in [0.717, 1.165) is 10.9 Å². The van der Waals surface area contributed by atoms with Crippen LogP contribution in [0.5, 0.6) is 0 Å². The van der Waals surface area contributed by atoms with Crippen LogP contribution in [0.25, 0.3) is 0 Å². The number of hydrogen-bond acceptors (Lipinski definition) is 2. The van der Waals surface area contributed by atoms with Crippen molar-refractivity contribution >= 4 is 28.8 Å². The lowest BCUT2D eigenvalue weighted by Crippen LogP contribution is -2.30. The summed E-state index contributed by atoms with van der Waals surface area (Å²) in [6.45, 7) is 4.55. The Labute approximate surface area is 126 Å². The zero-order valence-electron chi connectivity index (χ0n) is 10.7. The van der Waals surface area contributed by atoms with Crippen molar-refractivity contribution in [3.8, 4) is 0 Å². The fourth-order valence-corrected chi connectivity index (χ4v) is 2.77. The number of carbonyl (C=O) groups is 1. The first-order valence-electron chi connectivity index (χ1n) is 5.99. The summed E-state index contributed by atoms with van der Waals surface area (Å²) in [6.07, 6.45) is 1.66. The van der Waals surface area contributed by atoms with Crippen LogP contribution < -0.4 is 0 Å². The number of rotatable bonds is 5. The van der Waals surface area contributed by atoms with Crippen molar-refractivity contribution in [3.63, 3.8) is 0 Å². The Balaban J connectivity index is 2.24. The van der Waals surface area contributed by atoms with Gasteiger partial charge in [0.05, 0.1) is 17.1 Å². The first-order valence-corrected chi connectivity index (χ1v) is 7.25. The normalized spacial score (nSPS) is 10.3. The molecule has 0 saturated heterocycles. The molecule has 1 heterocycles. The zero-order chi connectivity index (χ0) is 14.5. The summed E-state index contributed by atoms with van der Waals surface area (Å²) < 4.78 is 13.0. The molecule has 0 atom stereocenters. The number of benzene rings is 1. The molecule has 0 aliphatic carbocycles. The maximum Gasteiger partial charge on any atom is 0.255 e. The van der Waals surface area contributed by atoms with Crippen LogP contribution in [0.2, 0.25) is 5.02 Å². The Morgan fingerprint density at radius 2 is 2.25 bits per heavy atom. The summed E-state index contributed by atoms with van der Waals surface area (Å²) in [4.78, 5) is 15.2. The Kier molecular flexibility index (Phi) is 4.93. The van der Waals surface area contributed by atoms with Crippen LogP contribution >= 0.6 is 22.9 Å². The second-order valence-corrected chi connectivity index (χ2v) is 5.62. The molecule has 0 saturated carbocycles. The minimum absolute atomic E-state index is 0.121. The molecule has 0 radical (unpaired) electrons. The van der Waals surface area contributed by atoms with Gasteiger partial charge in [-0.25, -0.2) is 4.39 Å². The van der Waals surface area contributed by atoms with Crippen molar-refractivity contribution in [1.29, 1.82) is 0 Å². The van der Waals surface area contributed by atoms with E-state index >= 15 is 0 Å². The summed E-state index contributed by atoms with van der Waals surface area (Å²) in [5, 5.41) is 2.08. The first-order chi connectivity index (χ1) is 9.61. The summed E-state index contributed by atoms with van der Waals surface area (Å²) >= 11 is 7.51. The lowest BCUT2D eigenvalue weighted by atomic mass is 10.2. The average molecular weight is 310 g/mol. The van der Waals surface area contributed by atoms with Gasteiger partial charge in [0.1, 0.15) is 5.82 Å². The van der Waals surface area contributed by atoms with Crippen molar-refractivity contribution in [3.05, 3.63) is 69.6 Å². The van der Waals surface area contributed by atoms with E-state index in [1.165, 1.54) is 12.1 Å². The smallest absolute Gasteiger partial charge is 0.255 e. The van der Waals surface area contributed by atoms with Crippen LogP contribution in [0.1, 0.15) is 15.2 Å². The molecule has 0 N–H and O–H groups in total. The maximum atomic E-state index is 13.0. The zero-order valence-corrected chi connectivity index (χ0v) is 12.3. The van der Waals surface area contributed by atoms with Crippen LogP contribution in [0.4, 0.5) is 4.39 Å². The molecule has 5 heteroatoms. The molecule has 1 aromatic carbocycles. The molecular formula is C15H13ClFNOS. The van der Waals surface area contributed by atoms with Gasteiger partial charge in [0.2, 0.25) is 0 Å². The molecule has 1 amide bonds. The van der Waals surface area contributed by atoms with Gasteiger partial charge in [-0.3, -0.25) is 4.79 Å². The summed E-state index contributed by atoms with van der Waals surface area (Å²) in [5.41, 5.74) is 0.298. The fourth-order valence-electron chi connectivity index (χ4n) is 1.80. The number of amides is 1. The predicted molar refractivity (Wildman–Crippen MR) is 80.7 cm³/mol. The first kappa shape index (κ1) is 14.8. The van der Waals surface area contributed by atoms with Crippen LogP contribution in [0.15, 0.2) is 48.4 Å². The van der Waals surface area contributed by atoms with Gasteiger partial charge in [0.25, 0.3) is 5.91 Å². The third kappa shape index (κ3) is 3.46. The topological polar surface area (TPSA) is 20.3 Å². The predicted octanol–water partition coefficient (Wildman–Crippen LogP) is 4.37. The van der Waals surface area contributed by atoms with E-state index in [0.29, 0.717) is 18.7 Å². The SMILES string of the molecule is C=CCN(Cc1cccs1)C(=O)c1ccc(F)cc1Cl. The van der Waals surface area contributed by atoms with Crippen LogP contribution in [-0.4, -0.2) is 17.4 Å². The molecule has 0 spiro atoms. The van der Waals surface area contributed by atoms with Crippen LogP contribution in [0.3, 0.4) is 0 Å². The highest BCUT2D eigenvalue weighted by molar-refractivity contribution is 7.09. The molecule has 2 aromatic rings. The van der Waals surface area contributed by atoms with E-state index < -0.39 is 5.82 Å². The van der Waals surface area contributed by atoms with Crippen molar-refractivity contribution in [2.75, 3.05) is 6.54 Å². The number of carbonyl (C=O) groups excluding carboxylic acids is 1. The summed E-state index contributed by atoms with van der Waals surface area (Å²) in [6, 6.07) is 7.68. The van der Waals surface area contributed by atoms with E-state index in [9.17, 15) is 9.18 Å². The van der Waals surface area contributed by atoms with Gasteiger partial charge in [-0.15, -0.1) is 17.9 Å². The number of hydrogen-bond donors (Lipinski definition) is 0. The minimum atomic E-state index is -0.458. The second-order valence-electron chi connectivity index (χ2n) is 4.18. The third-order valence-electron chi connectivity index (χ3n) is 2.73. The second kappa shape index (κ2) is 6.68. The van der Waals surface area contributed by atoms with Gasteiger partial charge in [-0.05, 0) is 29.6 Å². The average Bonchev–Trinajstić information content (AvgIpc) is 2.90. The van der Waals surface area contributed by atoms with Gasteiger partial charge in [-0.1, -0.05) is 23.7 Å². The van der Waals surface area contributed by atoms with Crippen molar-refractivity contribution in [2.45, 2.75) is 6.54 Å². The molecule has 20 heavy (non-hydrogen) atoms. The monoisotopic (exact) mass is 309 g/mol. The highest BCUT2D eigenvalue weighted by atomic mass is 35.5. The van der Waals surface area contributed by atoms with Gasteiger partial charge in [-0.2, -0.15) is 0 Å². The molecule has 2 nitrogen and oxygen atoms in total. The van der Waals surface area contributed by atoms with Crippen molar-refractivity contribution in [2.24, 2.45) is 0 Å². The largest absolute Gasteiger partial charge is 0.330 e. The number of nitrogens with zero attached hydrogens (tertiary/aromatic N) is 1. The fraction of sp³-hybridized carbons (Fsp3) is 0.133. The van der Waals surface area contributed by atoms with E-state index in [1.54, 1.807) is 22.3 Å². The summed E-state index contributed by atoms with van der Waals surface area (Å²) in [7, 11) is 0. The van der Waals surface area contributed by atoms with Crippen LogP contribution in [-0.2, 0) is 6.54 Å². The van der Waals surface area contributed by atoms with Crippen molar-refractivity contribution < 1.29 is 9.18 Å².